The Balaban J connectivity index is 1.95. The van der Waals surface area contributed by atoms with Gasteiger partial charge in [-0.05, 0) is 31.6 Å². The Morgan fingerprint density at radius 2 is 2.46 bits per heavy atom. The monoisotopic (exact) mass is 202 g/mol. The first kappa shape index (κ1) is 10.9. The number of primary amides is 1. The molecule has 1 rings (SSSR count). The molecule has 0 saturated carbocycles. The molecule has 13 heavy (non-hydrogen) atoms. The molecule has 1 amide bonds. The number of hydrogen-bond donors (Lipinski definition) is 2. The summed E-state index contributed by atoms with van der Waals surface area (Å²) in [7, 11) is 0. The van der Waals surface area contributed by atoms with Crippen LogP contribution in [0.5, 0.6) is 0 Å². The topological polar surface area (TPSA) is 55.1 Å². The maximum absolute atomic E-state index is 10.4. The normalized spacial score (nSPS) is 22.9. The van der Waals surface area contributed by atoms with Crippen LogP contribution >= 0.6 is 11.8 Å². The lowest BCUT2D eigenvalue weighted by Gasteiger charge is -2.22. The highest BCUT2D eigenvalue weighted by Gasteiger charge is 2.11. The Hall–Kier alpha value is -0.220. The minimum Gasteiger partial charge on any atom is -0.370 e. The quantitative estimate of drug-likeness (QED) is 0.646. The summed E-state index contributed by atoms with van der Waals surface area (Å²) < 4.78 is 0. The van der Waals surface area contributed by atoms with Crippen LogP contribution in [-0.4, -0.2) is 30.0 Å². The standard InChI is InChI=1S/C9H18N2OS/c10-9(12)4-1-5-11-8-3-2-6-13-7-8/h8,11H,1-7H2,(H2,10,12). The van der Waals surface area contributed by atoms with Crippen LogP contribution in [0.1, 0.15) is 25.7 Å². The molecule has 1 aliphatic heterocycles. The Labute approximate surface area is 83.8 Å². The fourth-order valence-electron chi connectivity index (χ4n) is 1.47. The third-order valence-electron chi connectivity index (χ3n) is 2.19. The molecule has 0 radical (unpaired) electrons. The Morgan fingerprint density at radius 3 is 3.08 bits per heavy atom. The first-order chi connectivity index (χ1) is 6.29. The molecule has 1 fully saturated rings. The summed E-state index contributed by atoms with van der Waals surface area (Å²) in [6.45, 7) is 0.925. The number of carbonyl (C=O) groups is 1. The van der Waals surface area contributed by atoms with E-state index in [1.54, 1.807) is 0 Å². The maximum Gasteiger partial charge on any atom is 0.217 e. The van der Waals surface area contributed by atoms with E-state index in [9.17, 15) is 4.79 Å². The molecule has 0 aromatic carbocycles. The van der Waals surface area contributed by atoms with Crippen molar-refractivity contribution in [3.8, 4) is 0 Å². The number of hydrogen-bond acceptors (Lipinski definition) is 3. The summed E-state index contributed by atoms with van der Waals surface area (Å²) in [4.78, 5) is 10.4. The molecule has 0 aromatic rings. The van der Waals surface area contributed by atoms with Crippen LogP contribution in [0.2, 0.25) is 0 Å². The number of rotatable bonds is 5. The van der Waals surface area contributed by atoms with E-state index >= 15 is 0 Å². The van der Waals surface area contributed by atoms with E-state index in [-0.39, 0.29) is 5.91 Å². The van der Waals surface area contributed by atoms with Crippen molar-refractivity contribution in [2.24, 2.45) is 5.73 Å². The molecule has 0 aromatic heterocycles. The van der Waals surface area contributed by atoms with E-state index in [0.29, 0.717) is 12.5 Å². The molecule has 1 aliphatic rings. The van der Waals surface area contributed by atoms with Crippen LogP contribution < -0.4 is 11.1 Å². The van der Waals surface area contributed by atoms with Gasteiger partial charge in [0.1, 0.15) is 0 Å². The van der Waals surface area contributed by atoms with Gasteiger partial charge in [0.25, 0.3) is 0 Å². The van der Waals surface area contributed by atoms with Gasteiger partial charge in [-0.25, -0.2) is 0 Å². The van der Waals surface area contributed by atoms with Crippen molar-refractivity contribution in [1.29, 1.82) is 0 Å². The van der Waals surface area contributed by atoms with E-state index in [0.717, 1.165) is 13.0 Å². The summed E-state index contributed by atoms with van der Waals surface area (Å²) in [6, 6.07) is 0.659. The molecule has 3 N–H and O–H groups in total. The van der Waals surface area contributed by atoms with Crippen molar-refractivity contribution < 1.29 is 4.79 Å². The number of thioether (sulfide) groups is 1. The van der Waals surface area contributed by atoms with Crippen molar-refractivity contribution in [1.82, 2.24) is 5.32 Å². The van der Waals surface area contributed by atoms with E-state index in [1.807, 2.05) is 11.8 Å². The summed E-state index contributed by atoms with van der Waals surface area (Å²) >= 11 is 2.01. The Bertz CT molecular complexity index is 158. The lowest BCUT2D eigenvalue weighted by Crippen LogP contribution is -2.34. The fourth-order valence-corrected chi connectivity index (χ4v) is 2.58. The molecule has 3 nitrogen and oxygen atoms in total. The first-order valence-electron chi connectivity index (χ1n) is 4.88. The highest BCUT2D eigenvalue weighted by molar-refractivity contribution is 7.99. The van der Waals surface area contributed by atoms with E-state index in [2.05, 4.69) is 5.32 Å². The van der Waals surface area contributed by atoms with Crippen LogP contribution in [0.4, 0.5) is 0 Å². The summed E-state index contributed by atoms with van der Waals surface area (Å²) in [5, 5.41) is 3.45. The number of nitrogens with two attached hydrogens (primary N) is 1. The van der Waals surface area contributed by atoms with Crippen LogP contribution in [0.3, 0.4) is 0 Å². The predicted molar refractivity (Wildman–Crippen MR) is 56.8 cm³/mol. The lowest BCUT2D eigenvalue weighted by atomic mass is 10.2. The first-order valence-corrected chi connectivity index (χ1v) is 6.04. The third kappa shape index (κ3) is 5.16. The van der Waals surface area contributed by atoms with Crippen molar-refractivity contribution in [2.75, 3.05) is 18.1 Å². The van der Waals surface area contributed by atoms with Gasteiger partial charge in [-0.2, -0.15) is 11.8 Å². The second kappa shape index (κ2) is 6.27. The molecule has 4 heteroatoms. The van der Waals surface area contributed by atoms with Crippen molar-refractivity contribution in [3.05, 3.63) is 0 Å². The average molecular weight is 202 g/mol. The molecule has 76 valence electrons. The fraction of sp³-hybridized carbons (Fsp3) is 0.889. The highest BCUT2D eigenvalue weighted by Crippen LogP contribution is 2.16. The highest BCUT2D eigenvalue weighted by atomic mass is 32.2. The molecule has 1 saturated heterocycles. The van der Waals surface area contributed by atoms with Crippen LogP contribution in [0.15, 0.2) is 0 Å². The second-order valence-electron chi connectivity index (χ2n) is 3.44. The summed E-state index contributed by atoms with van der Waals surface area (Å²) in [5.74, 6) is 2.33. The van der Waals surface area contributed by atoms with E-state index in [4.69, 9.17) is 5.73 Å². The number of nitrogens with one attached hydrogen (secondary N) is 1. The number of amides is 1. The van der Waals surface area contributed by atoms with E-state index in [1.165, 1.54) is 24.3 Å². The van der Waals surface area contributed by atoms with Crippen LogP contribution in [0, 0.1) is 0 Å². The van der Waals surface area contributed by atoms with Gasteiger partial charge in [-0.3, -0.25) is 4.79 Å². The molecule has 0 aliphatic carbocycles. The Kier molecular flexibility index (Phi) is 5.23. The zero-order valence-electron chi connectivity index (χ0n) is 7.92. The third-order valence-corrected chi connectivity index (χ3v) is 3.41. The zero-order valence-corrected chi connectivity index (χ0v) is 8.74. The second-order valence-corrected chi connectivity index (χ2v) is 4.59. The van der Waals surface area contributed by atoms with Gasteiger partial charge in [0.05, 0.1) is 0 Å². The molecule has 0 spiro atoms. The van der Waals surface area contributed by atoms with Crippen LogP contribution in [0.25, 0.3) is 0 Å². The summed E-state index contributed by atoms with van der Waals surface area (Å²) in [5.41, 5.74) is 5.04. The number of carbonyl (C=O) groups excluding carboxylic acids is 1. The SMILES string of the molecule is NC(=O)CCCNC1CCCSC1. The largest absolute Gasteiger partial charge is 0.370 e. The smallest absolute Gasteiger partial charge is 0.217 e. The minimum absolute atomic E-state index is 0.195. The summed E-state index contributed by atoms with van der Waals surface area (Å²) in [6.07, 6.45) is 3.98. The van der Waals surface area contributed by atoms with Crippen LogP contribution in [-0.2, 0) is 4.79 Å². The van der Waals surface area contributed by atoms with Crippen molar-refractivity contribution in [2.45, 2.75) is 31.7 Å². The van der Waals surface area contributed by atoms with Gasteiger partial charge in [0, 0.05) is 18.2 Å². The molecule has 1 unspecified atom stereocenters. The lowest BCUT2D eigenvalue weighted by molar-refractivity contribution is -0.118. The van der Waals surface area contributed by atoms with E-state index < -0.39 is 0 Å². The minimum atomic E-state index is -0.195. The maximum atomic E-state index is 10.4. The van der Waals surface area contributed by atoms with Gasteiger partial charge in [0.15, 0.2) is 0 Å². The zero-order chi connectivity index (χ0) is 9.52. The molecule has 0 bridgehead atoms. The molecule has 1 heterocycles. The molecule has 1 atom stereocenters. The van der Waals surface area contributed by atoms with Crippen molar-refractivity contribution >= 4 is 17.7 Å². The molecular formula is C9H18N2OS. The van der Waals surface area contributed by atoms with Gasteiger partial charge < -0.3 is 11.1 Å². The van der Waals surface area contributed by atoms with Gasteiger partial charge in [-0.15, -0.1) is 0 Å². The average Bonchev–Trinajstić information content (AvgIpc) is 2.14. The van der Waals surface area contributed by atoms with Gasteiger partial charge in [-0.1, -0.05) is 0 Å². The van der Waals surface area contributed by atoms with Gasteiger partial charge in [0.2, 0.25) is 5.91 Å². The predicted octanol–water partition coefficient (Wildman–Crippen LogP) is 0.737. The Morgan fingerprint density at radius 1 is 1.62 bits per heavy atom. The molecular weight excluding hydrogens is 184 g/mol. The van der Waals surface area contributed by atoms with Gasteiger partial charge >= 0.3 is 0 Å². The van der Waals surface area contributed by atoms with Crippen molar-refractivity contribution in [3.63, 3.8) is 0 Å².